The summed E-state index contributed by atoms with van der Waals surface area (Å²) < 4.78 is 12.4. The Labute approximate surface area is 201 Å². The zero-order valence-corrected chi connectivity index (χ0v) is 23.2. The van der Waals surface area contributed by atoms with Gasteiger partial charge in [-0.1, -0.05) is 25.9 Å². The maximum Gasteiger partial charge on any atom is 0.411 e. The van der Waals surface area contributed by atoms with Crippen LogP contribution in [0.25, 0.3) is 10.4 Å². The average molecular weight is 496 g/mol. The number of nitrogens with zero attached hydrogens (tertiary/aromatic N) is 5. The van der Waals surface area contributed by atoms with Gasteiger partial charge in [0, 0.05) is 29.4 Å². The van der Waals surface area contributed by atoms with Crippen molar-refractivity contribution in [2.24, 2.45) is 5.11 Å². The van der Waals surface area contributed by atoms with E-state index in [9.17, 15) is 9.59 Å². The molecule has 0 spiro atoms. The minimum atomic E-state index is -2.21. The third-order valence-electron chi connectivity index (χ3n) is 6.03. The summed E-state index contributed by atoms with van der Waals surface area (Å²) in [5.41, 5.74) is 9.57. The lowest BCUT2D eigenvalue weighted by Crippen LogP contribution is -2.52. The number of carbonyl (C=O) groups is 2. The monoisotopic (exact) mass is 495 g/mol. The second-order valence-electron chi connectivity index (χ2n) is 11.1. The fourth-order valence-corrected chi connectivity index (χ4v) is 5.82. The van der Waals surface area contributed by atoms with Crippen LogP contribution in [0.1, 0.15) is 69.7 Å². The lowest BCUT2D eigenvalue weighted by atomic mass is 9.93. The number of hydrogen-bond donors (Lipinski definition) is 0. The van der Waals surface area contributed by atoms with Crippen molar-refractivity contribution in [2.45, 2.75) is 84.0 Å². The quantitative estimate of drug-likeness (QED) is 0.216. The van der Waals surface area contributed by atoms with Crippen molar-refractivity contribution in [1.29, 1.82) is 0 Å². The van der Waals surface area contributed by atoms with Gasteiger partial charge in [-0.15, -0.1) is 11.3 Å². The van der Waals surface area contributed by atoms with Crippen LogP contribution in [-0.2, 0) is 20.5 Å². The third kappa shape index (κ3) is 6.09. The van der Waals surface area contributed by atoms with Gasteiger partial charge < -0.3 is 14.1 Å². The Morgan fingerprint density at radius 3 is 2.36 bits per heavy atom. The molecule has 11 heteroatoms. The second kappa shape index (κ2) is 9.66. The topological polar surface area (TPSA) is 108 Å². The van der Waals surface area contributed by atoms with Gasteiger partial charge in [-0.3, -0.25) is 9.69 Å². The highest BCUT2D eigenvalue weighted by Crippen LogP contribution is 2.47. The summed E-state index contributed by atoms with van der Waals surface area (Å²) in [6.07, 6.45) is -0.970. The van der Waals surface area contributed by atoms with Crippen molar-refractivity contribution in [2.75, 3.05) is 20.6 Å². The van der Waals surface area contributed by atoms with Gasteiger partial charge in [0.15, 0.2) is 8.32 Å². The molecule has 0 saturated carbocycles. The smallest absolute Gasteiger partial charge is 0.411 e. The molecule has 1 aliphatic rings. The molecule has 9 nitrogen and oxygen atoms in total. The van der Waals surface area contributed by atoms with Crippen molar-refractivity contribution in [3.8, 4) is 0 Å². The largest absolute Gasteiger partial charge is 0.444 e. The maximum atomic E-state index is 13.4. The van der Waals surface area contributed by atoms with E-state index in [0.717, 1.165) is 10.4 Å². The lowest BCUT2D eigenvalue weighted by molar-refractivity contribution is -0.135. The average Bonchev–Trinajstić information content (AvgIpc) is 3.07. The van der Waals surface area contributed by atoms with Crippen LogP contribution in [0.3, 0.4) is 0 Å². The molecule has 0 N–H and O–H groups in total. The van der Waals surface area contributed by atoms with Crippen LogP contribution < -0.4 is 0 Å². The number of ether oxygens (including phenoxy) is 1. The Kier molecular flexibility index (Phi) is 7.95. The van der Waals surface area contributed by atoms with Crippen molar-refractivity contribution < 1.29 is 18.8 Å². The number of hydrogen-bond acceptors (Lipinski definition) is 6. The van der Waals surface area contributed by atoms with E-state index in [4.69, 9.17) is 14.7 Å². The number of carbonyl (C=O) groups excluding carboxylic acids is 2. The molecule has 0 aromatic carbocycles. The molecule has 0 saturated heterocycles. The summed E-state index contributed by atoms with van der Waals surface area (Å²) in [6, 6.07) is -0.876. The van der Waals surface area contributed by atoms with Gasteiger partial charge in [-0.25, -0.2) is 4.79 Å². The fourth-order valence-electron chi connectivity index (χ4n) is 3.36. The number of rotatable bonds is 5. The summed E-state index contributed by atoms with van der Waals surface area (Å²) >= 11 is 1.49. The van der Waals surface area contributed by atoms with Crippen LogP contribution in [0.4, 0.5) is 4.79 Å². The number of likely N-dealkylation sites (N-methyl/N-ethyl adjacent to an activating group) is 1. The van der Waals surface area contributed by atoms with Gasteiger partial charge in [-0.2, -0.15) is 0 Å². The summed E-state index contributed by atoms with van der Waals surface area (Å²) in [6.45, 7) is 16.5. The maximum absolute atomic E-state index is 13.4. The molecule has 1 aliphatic heterocycles. The minimum Gasteiger partial charge on any atom is -0.444 e. The molecule has 2 unspecified atom stereocenters. The highest BCUT2D eigenvalue weighted by atomic mass is 32.1. The second-order valence-corrected chi connectivity index (χ2v) is 16.7. The Bertz CT molecular complexity index is 942. The van der Waals surface area contributed by atoms with Crippen LogP contribution in [-0.4, -0.2) is 56.4 Å². The molecule has 0 radical (unpaired) electrons. The number of amides is 2. The van der Waals surface area contributed by atoms with E-state index in [2.05, 4.69) is 43.9 Å². The van der Waals surface area contributed by atoms with Crippen LogP contribution in [0.15, 0.2) is 10.5 Å². The normalized spacial score (nSPS) is 18.9. The lowest BCUT2D eigenvalue weighted by Gasteiger charge is -2.45. The van der Waals surface area contributed by atoms with E-state index in [1.807, 2.05) is 5.38 Å². The van der Waals surface area contributed by atoms with Gasteiger partial charge in [0.25, 0.3) is 0 Å². The van der Waals surface area contributed by atoms with Gasteiger partial charge in [0.05, 0.1) is 19.2 Å². The molecule has 2 heterocycles. The first-order valence-corrected chi connectivity index (χ1v) is 14.8. The van der Waals surface area contributed by atoms with E-state index in [1.54, 1.807) is 34.9 Å². The molecule has 0 fully saturated rings. The van der Waals surface area contributed by atoms with Gasteiger partial charge >= 0.3 is 6.09 Å². The zero-order valence-electron chi connectivity index (χ0n) is 21.4. The van der Waals surface area contributed by atoms with Crippen molar-refractivity contribution in [3.05, 3.63) is 31.8 Å². The van der Waals surface area contributed by atoms with Gasteiger partial charge in [0.2, 0.25) is 5.91 Å². The molecule has 33 heavy (non-hydrogen) atoms. The minimum absolute atomic E-state index is 0.0363. The first-order chi connectivity index (χ1) is 15.0. The van der Waals surface area contributed by atoms with E-state index < -0.39 is 32.2 Å². The molecular formula is C22H37N5O4SSi. The first kappa shape index (κ1) is 27.2. The van der Waals surface area contributed by atoms with Gasteiger partial charge in [0.1, 0.15) is 11.6 Å². The predicted octanol–water partition coefficient (Wildman–Crippen LogP) is 6.00. The van der Waals surface area contributed by atoms with Crippen LogP contribution in [0, 0.1) is 0 Å². The molecule has 2 rings (SSSR count). The van der Waals surface area contributed by atoms with Gasteiger partial charge in [-0.05, 0) is 55.4 Å². The van der Waals surface area contributed by atoms with Crippen molar-refractivity contribution in [3.63, 3.8) is 0 Å². The highest BCUT2D eigenvalue weighted by molar-refractivity contribution is 7.10. The molecule has 0 aliphatic carbocycles. The Morgan fingerprint density at radius 1 is 1.27 bits per heavy atom. The van der Waals surface area contributed by atoms with Crippen LogP contribution in [0.2, 0.25) is 18.1 Å². The van der Waals surface area contributed by atoms with Crippen LogP contribution >= 0.6 is 11.3 Å². The number of azide groups is 1. The summed E-state index contributed by atoms with van der Waals surface area (Å²) in [5.74, 6) is -0.242. The number of thiophene rings is 1. The van der Waals surface area contributed by atoms with Crippen molar-refractivity contribution in [1.82, 2.24) is 9.80 Å². The molecular weight excluding hydrogens is 458 g/mol. The van der Waals surface area contributed by atoms with E-state index >= 15 is 0 Å². The van der Waals surface area contributed by atoms with E-state index in [1.165, 1.54) is 21.1 Å². The Balaban J connectivity index is 2.68. The molecule has 1 aromatic heterocycles. The van der Waals surface area contributed by atoms with E-state index in [0.29, 0.717) is 5.56 Å². The molecule has 1 aromatic rings. The summed E-state index contributed by atoms with van der Waals surface area (Å²) in [7, 11) is 1.11. The fraction of sp³-hybridized carbons (Fsp3) is 0.727. The molecule has 2 atom stereocenters. The standard InChI is InChI=1S/C22H37N5O4SSi/c1-21(2,3)30-20(29)27-12-15(31-33(9,10)22(4,5)6)18-16(17(27)19(28)26(7)8)14(13-32-18)11-24-25-23/h13,15,17H,11-12H2,1-10H3. The third-order valence-corrected chi connectivity index (χ3v) is 11.7. The highest BCUT2D eigenvalue weighted by Gasteiger charge is 2.48. The molecule has 2 amide bonds. The Morgan fingerprint density at radius 2 is 1.88 bits per heavy atom. The molecule has 184 valence electrons. The molecule has 0 bridgehead atoms. The van der Waals surface area contributed by atoms with E-state index in [-0.39, 0.29) is 24.0 Å². The first-order valence-electron chi connectivity index (χ1n) is 11.0. The summed E-state index contributed by atoms with van der Waals surface area (Å²) in [4.78, 5) is 33.4. The zero-order chi connectivity index (χ0) is 25.4. The summed E-state index contributed by atoms with van der Waals surface area (Å²) in [5, 5.41) is 5.59. The number of fused-ring (bicyclic) bond motifs is 1. The predicted molar refractivity (Wildman–Crippen MR) is 133 cm³/mol. The SMILES string of the molecule is CN(C)C(=O)C1c2c(CN=[N+]=[N-])csc2C(O[Si](C)(C)C(C)(C)C)CN1C(=O)OC(C)(C)C. The van der Waals surface area contributed by atoms with Crippen LogP contribution in [0.5, 0.6) is 0 Å². The van der Waals surface area contributed by atoms with Crippen molar-refractivity contribution >= 4 is 31.7 Å². The Hall–Kier alpha value is -2.07.